The molecule has 7 rings (SSSR count). The maximum Gasteiger partial charge on any atom is 0.335 e. The van der Waals surface area contributed by atoms with Gasteiger partial charge in [0.05, 0.1) is 98.9 Å². The van der Waals surface area contributed by atoms with Crippen molar-refractivity contribution >= 4 is 82.2 Å². The van der Waals surface area contributed by atoms with Crippen LogP contribution < -0.4 is 5.73 Å². The van der Waals surface area contributed by atoms with Gasteiger partial charge in [0.1, 0.15) is 17.3 Å². The van der Waals surface area contributed by atoms with E-state index in [0.29, 0.717) is 168 Å². The predicted molar refractivity (Wildman–Crippen MR) is 338 cm³/mol. The second-order valence-electron chi connectivity index (χ2n) is 22.2. The summed E-state index contributed by atoms with van der Waals surface area (Å²) in [7, 11) is 0. The van der Waals surface area contributed by atoms with Gasteiger partial charge in [-0.05, 0) is 60.9 Å². The van der Waals surface area contributed by atoms with E-state index in [4.69, 9.17) is 48.5 Å². The minimum Gasteiger partial charge on any atom is -0.399 e. The number of amides is 9. The quantitative estimate of drug-likeness (QED) is 0.0431. The van der Waals surface area contributed by atoms with Crippen molar-refractivity contribution in [3.05, 3.63) is 89.5 Å². The van der Waals surface area contributed by atoms with Crippen LogP contribution in [0.1, 0.15) is 107 Å². The first kappa shape index (κ1) is 80.9. The number of hydrogen-bond acceptors (Lipinski definition) is 23. The molecule has 3 saturated heterocycles. The molecule has 5 aliphatic rings. The molecule has 2 aromatic carbocycles. The molecule has 525 valence electrons. The van der Waals surface area contributed by atoms with E-state index in [1.54, 1.807) is 0 Å². The van der Waals surface area contributed by atoms with Crippen LogP contribution in [0.15, 0.2) is 72.8 Å². The van der Waals surface area contributed by atoms with Crippen molar-refractivity contribution in [1.82, 2.24) is 24.7 Å². The van der Waals surface area contributed by atoms with Crippen molar-refractivity contribution in [3.63, 3.8) is 0 Å². The van der Waals surface area contributed by atoms with E-state index in [1.807, 2.05) is 53.4 Å². The van der Waals surface area contributed by atoms with Gasteiger partial charge in [-0.15, -0.1) is 5.06 Å². The Bertz CT molecular complexity index is 2870. The summed E-state index contributed by atoms with van der Waals surface area (Å²) in [5, 5.41) is 0.503. The number of imide groups is 4. The zero-order valence-electron chi connectivity index (χ0n) is 54.5. The molecule has 0 aliphatic carbocycles. The fourth-order valence-electron chi connectivity index (χ4n) is 9.20. The molecule has 29 heteroatoms. The van der Waals surface area contributed by atoms with Crippen LogP contribution in [-0.2, 0) is 143 Å². The number of carbonyl (C=O) groups excluding carboxylic acids is 13. The molecule has 0 saturated carbocycles. The molecule has 0 unspecified atom stereocenters. The summed E-state index contributed by atoms with van der Waals surface area (Å²) in [6.07, 6.45) is 11.4. The molecule has 0 atom stereocenters. The first-order valence-electron chi connectivity index (χ1n) is 32.3. The molecule has 1 radical (unpaired) electrons. The molecular formula is C67H90N6O22V. The third kappa shape index (κ3) is 33.0. The smallest absolute Gasteiger partial charge is 0.335 e. The molecule has 2 N–H and O–H groups in total. The molecule has 0 bridgehead atoms. The van der Waals surface area contributed by atoms with Crippen LogP contribution in [0.25, 0.3) is 0 Å². The molecular weight excluding hydrogens is 1290 g/mol. The molecule has 0 spiro atoms. The Morgan fingerprint density at radius 2 is 0.771 bits per heavy atom. The van der Waals surface area contributed by atoms with E-state index >= 15 is 0 Å². The van der Waals surface area contributed by atoms with Gasteiger partial charge in [0.2, 0.25) is 17.7 Å². The zero-order valence-corrected chi connectivity index (χ0v) is 55.9. The number of β-lactam (4-membered cyclic amide) rings is 1. The van der Waals surface area contributed by atoms with Gasteiger partial charge < -0.3 is 53.4 Å². The van der Waals surface area contributed by atoms with Crippen molar-refractivity contribution in [2.24, 2.45) is 0 Å². The van der Waals surface area contributed by atoms with Gasteiger partial charge in [-0.2, -0.15) is 0 Å². The van der Waals surface area contributed by atoms with Gasteiger partial charge in [0, 0.05) is 165 Å². The van der Waals surface area contributed by atoms with E-state index < -0.39 is 17.8 Å². The van der Waals surface area contributed by atoms with Crippen molar-refractivity contribution in [2.45, 2.75) is 109 Å². The van der Waals surface area contributed by atoms with Gasteiger partial charge in [0.25, 0.3) is 35.4 Å². The summed E-state index contributed by atoms with van der Waals surface area (Å²) in [5.74, 6) is -3.21. The fourth-order valence-corrected chi connectivity index (χ4v) is 9.20. The van der Waals surface area contributed by atoms with E-state index in [2.05, 4.69) is 0 Å². The number of likely N-dealkylation sites (tertiary alicyclic amines) is 2. The number of ether oxygens (including phenoxy) is 8. The second kappa shape index (κ2) is 47.4. The number of hydroxylamine groups is 2. The summed E-state index contributed by atoms with van der Waals surface area (Å²) >= 11 is 0. The van der Waals surface area contributed by atoms with Crippen molar-refractivity contribution in [3.8, 4) is 0 Å². The first-order valence-corrected chi connectivity index (χ1v) is 32.3. The first-order chi connectivity index (χ1) is 46.0. The van der Waals surface area contributed by atoms with Crippen molar-refractivity contribution < 1.29 is 124 Å². The Kier molecular flexibility index (Phi) is 40.0. The Morgan fingerprint density at radius 3 is 1.17 bits per heavy atom. The Morgan fingerprint density at radius 1 is 0.385 bits per heavy atom. The normalized spacial score (nSPS) is 14.7. The summed E-state index contributed by atoms with van der Waals surface area (Å²) in [4.78, 5) is 161. The Balaban J connectivity index is 0.000000336. The van der Waals surface area contributed by atoms with Gasteiger partial charge >= 0.3 is 5.97 Å². The molecule has 0 aromatic heterocycles. The molecule has 3 fully saturated rings. The van der Waals surface area contributed by atoms with Crippen LogP contribution in [0.2, 0.25) is 0 Å². The van der Waals surface area contributed by atoms with E-state index in [0.717, 1.165) is 52.5 Å². The van der Waals surface area contributed by atoms with Crippen LogP contribution in [0, 0.1) is 0 Å². The number of hydrogen-bond donors (Lipinski definition) is 1. The number of ketones is 3. The van der Waals surface area contributed by atoms with Crippen LogP contribution in [0.5, 0.6) is 0 Å². The SMILES string of the molecule is Nc1ccc(CCC(=O)N2CCC2)cc1.O=C(CCCOCCOCCOCCOCCC(=O)Cc1ccc(CCC(=O)N2CCC2=O)cc1)CCN1C(=O)C=CC1=O.O=C(CCCOCCOCCOCCOCCC(=O)ON1C(=O)CCC1=O)CCN1C(=O)C=CC1=O.[V]. The zero-order chi connectivity index (χ0) is 68.4. The molecule has 2 aromatic rings. The van der Waals surface area contributed by atoms with Crippen LogP contribution in [0.3, 0.4) is 0 Å². The van der Waals surface area contributed by atoms with Crippen molar-refractivity contribution in [2.75, 3.05) is 144 Å². The van der Waals surface area contributed by atoms with E-state index in [1.165, 1.54) is 34.8 Å². The number of nitrogens with zero attached hydrogens (tertiary/aromatic N) is 5. The molecule has 9 amide bonds. The Hall–Kier alpha value is -7.51. The van der Waals surface area contributed by atoms with Gasteiger partial charge in [-0.3, -0.25) is 72.2 Å². The average molecular weight is 1380 g/mol. The molecule has 5 aliphatic heterocycles. The maximum absolute atomic E-state index is 12.2. The minimum atomic E-state index is -0.715. The van der Waals surface area contributed by atoms with Gasteiger partial charge in [-0.25, -0.2) is 4.79 Å². The monoisotopic (exact) mass is 1380 g/mol. The fraction of sp³-hybridized carbons (Fsp3) is 0.567. The average Bonchev–Trinajstić information content (AvgIpc) is 2.72. The Labute approximate surface area is 570 Å². The third-order valence-corrected chi connectivity index (χ3v) is 14.9. The topological polar surface area (TPSA) is 347 Å². The second-order valence-corrected chi connectivity index (χ2v) is 22.2. The predicted octanol–water partition coefficient (Wildman–Crippen LogP) is 2.76. The van der Waals surface area contributed by atoms with Crippen LogP contribution in [0.4, 0.5) is 5.69 Å². The number of anilines is 1. The summed E-state index contributed by atoms with van der Waals surface area (Å²) < 4.78 is 43.1. The molecule has 5 heterocycles. The van der Waals surface area contributed by atoms with Gasteiger partial charge in [-0.1, -0.05) is 36.4 Å². The number of benzene rings is 2. The number of carbonyl (C=O) groups is 13. The number of aryl methyl sites for hydroxylation is 2. The summed E-state index contributed by atoms with van der Waals surface area (Å²) in [6, 6.07) is 15.3. The van der Waals surface area contributed by atoms with Crippen molar-refractivity contribution in [1.29, 1.82) is 0 Å². The summed E-state index contributed by atoms with van der Waals surface area (Å²) in [6.45, 7) is 8.33. The van der Waals surface area contributed by atoms with Crippen LogP contribution in [-0.4, -0.2) is 240 Å². The van der Waals surface area contributed by atoms with E-state index in [9.17, 15) is 62.3 Å². The summed E-state index contributed by atoms with van der Waals surface area (Å²) in [5.41, 5.74) is 9.44. The third-order valence-electron chi connectivity index (χ3n) is 14.9. The number of rotatable bonds is 47. The number of nitrogen functional groups attached to an aromatic ring is 1. The number of nitrogens with two attached hydrogens (primary N) is 1. The largest absolute Gasteiger partial charge is 0.399 e. The number of Topliss-reactive ketones (excluding diaryl/α,β-unsaturated/α-hetero) is 3. The maximum atomic E-state index is 12.2. The molecule has 28 nitrogen and oxygen atoms in total. The van der Waals surface area contributed by atoms with Crippen LogP contribution >= 0.6 is 0 Å². The molecule has 96 heavy (non-hydrogen) atoms. The van der Waals surface area contributed by atoms with Gasteiger partial charge in [0.15, 0.2) is 0 Å². The minimum absolute atomic E-state index is 0. The van der Waals surface area contributed by atoms with E-state index in [-0.39, 0.29) is 136 Å². The standard InChI is InChI=1S/C32H42N2O10.C23H32N2O11.C12H16N2O.V/c35-27(11-14-33-30(38)9-10-31(33)39)2-1-16-41-18-20-43-22-23-44-21-19-42-17-13-28(36)24-26-5-3-25(4-6-26)7-8-29(37)34-15-12-32(34)40;26-18(7-9-24-19(27)3-4-20(24)28)2-1-10-32-12-14-34-16-17-35-15-13-33-11-8-23(31)36-25-21(29)5-6-22(25)30;13-11-5-2-10(3-6-11)4-7-12(15)14-8-1-9-14;/h3-6,9-10H,1-2,7-8,11-24H2;3-4H,1-2,5-17H2;2-3,5-6H,1,4,7-9,13H2;.